The highest BCUT2D eigenvalue weighted by molar-refractivity contribution is 5.97. The molecule has 3 rings (SSSR count). The summed E-state index contributed by atoms with van der Waals surface area (Å²) in [6, 6.07) is 10.7. The molecular weight excluding hydrogens is 332 g/mol. The molecule has 3 aromatic rings. The molecule has 26 heavy (non-hydrogen) atoms. The van der Waals surface area contributed by atoms with Crippen LogP contribution in [-0.4, -0.2) is 38.3 Å². The van der Waals surface area contributed by atoms with Crippen LogP contribution in [0.4, 0.5) is 0 Å². The van der Waals surface area contributed by atoms with Gasteiger partial charge in [-0.25, -0.2) is 9.67 Å². The largest absolute Gasteiger partial charge is 0.481 e. The molecule has 7 nitrogen and oxygen atoms in total. The second-order valence-electron chi connectivity index (χ2n) is 6.33. The Morgan fingerprint density at radius 2 is 1.92 bits per heavy atom. The molecule has 2 N–H and O–H groups in total. The lowest BCUT2D eigenvalue weighted by Crippen LogP contribution is -2.31. The zero-order chi connectivity index (χ0) is 18.7. The van der Waals surface area contributed by atoms with E-state index in [1.54, 1.807) is 41.2 Å². The fourth-order valence-corrected chi connectivity index (χ4v) is 2.77. The van der Waals surface area contributed by atoms with Crippen LogP contribution in [0, 0.1) is 0 Å². The molecule has 0 aliphatic carbocycles. The molecule has 134 valence electrons. The number of hydrogen-bond acceptors (Lipinski definition) is 4. The molecular formula is C19H20N4O3. The number of nitrogens with zero attached hydrogens (tertiary/aromatic N) is 3. The molecule has 1 amide bonds. The summed E-state index contributed by atoms with van der Waals surface area (Å²) < 4.78 is 1.78. The van der Waals surface area contributed by atoms with E-state index in [9.17, 15) is 14.7 Å². The van der Waals surface area contributed by atoms with Crippen molar-refractivity contribution in [2.75, 3.05) is 6.54 Å². The van der Waals surface area contributed by atoms with Crippen LogP contribution >= 0.6 is 0 Å². The number of aromatic nitrogens is 3. The Balaban J connectivity index is 1.75. The molecule has 0 aliphatic heterocycles. The summed E-state index contributed by atoms with van der Waals surface area (Å²) >= 11 is 0. The van der Waals surface area contributed by atoms with Gasteiger partial charge in [0, 0.05) is 24.2 Å². The molecule has 2 heterocycles. The molecule has 1 unspecified atom stereocenters. The number of carbonyl (C=O) groups excluding carboxylic acids is 1. The average molecular weight is 352 g/mol. The number of benzene rings is 1. The number of rotatable bonds is 6. The predicted octanol–water partition coefficient (Wildman–Crippen LogP) is 2.61. The monoisotopic (exact) mass is 352 g/mol. The van der Waals surface area contributed by atoms with Gasteiger partial charge in [0.05, 0.1) is 17.7 Å². The van der Waals surface area contributed by atoms with Gasteiger partial charge in [-0.05, 0) is 25.5 Å². The van der Waals surface area contributed by atoms with Crippen LogP contribution in [0.1, 0.15) is 41.7 Å². The smallest absolute Gasteiger partial charge is 0.312 e. The Morgan fingerprint density at radius 1 is 1.19 bits per heavy atom. The fraction of sp³-hybridized carbons (Fsp3) is 0.263. The molecule has 0 saturated carbocycles. The van der Waals surface area contributed by atoms with Crippen LogP contribution in [0.5, 0.6) is 0 Å². The zero-order valence-corrected chi connectivity index (χ0v) is 14.6. The van der Waals surface area contributed by atoms with Gasteiger partial charge in [-0.3, -0.25) is 9.59 Å². The van der Waals surface area contributed by atoms with Crippen molar-refractivity contribution in [3.63, 3.8) is 0 Å². The first kappa shape index (κ1) is 17.6. The molecule has 0 aliphatic rings. The van der Waals surface area contributed by atoms with E-state index in [2.05, 4.69) is 15.4 Å². The number of carbonyl (C=O) groups is 2. The van der Waals surface area contributed by atoms with Crippen molar-refractivity contribution < 1.29 is 14.7 Å². The summed E-state index contributed by atoms with van der Waals surface area (Å²) in [6.07, 6.45) is 3.15. The summed E-state index contributed by atoms with van der Waals surface area (Å²) in [7, 11) is 0. The van der Waals surface area contributed by atoms with E-state index in [0.29, 0.717) is 16.8 Å². The SMILES string of the molecule is CC(C)n1ncc2cc(C(=O)NCC(C(=O)O)c3ccccc3)cnc21. The highest BCUT2D eigenvalue weighted by atomic mass is 16.4. The number of fused-ring (bicyclic) bond motifs is 1. The molecule has 1 atom stereocenters. The molecule has 0 saturated heterocycles. The van der Waals surface area contributed by atoms with Crippen molar-refractivity contribution in [1.29, 1.82) is 0 Å². The third-order valence-corrected chi connectivity index (χ3v) is 4.15. The average Bonchev–Trinajstić information content (AvgIpc) is 3.05. The lowest BCUT2D eigenvalue weighted by Gasteiger charge is -2.14. The number of hydrogen-bond donors (Lipinski definition) is 2. The van der Waals surface area contributed by atoms with Crippen LogP contribution < -0.4 is 5.32 Å². The van der Waals surface area contributed by atoms with Gasteiger partial charge < -0.3 is 10.4 Å². The maximum absolute atomic E-state index is 12.4. The number of amides is 1. The Bertz CT molecular complexity index is 934. The Labute approximate surface area is 150 Å². The van der Waals surface area contributed by atoms with Gasteiger partial charge in [0.2, 0.25) is 0 Å². The van der Waals surface area contributed by atoms with Gasteiger partial charge in [0.25, 0.3) is 5.91 Å². The van der Waals surface area contributed by atoms with Gasteiger partial charge in [-0.2, -0.15) is 5.10 Å². The second-order valence-corrected chi connectivity index (χ2v) is 6.33. The van der Waals surface area contributed by atoms with Crippen molar-refractivity contribution in [2.45, 2.75) is 25.8 Å². The lowest BCUT2D eigenvalue weighted by atomic mass is 9.99. The van der Waals surface area contributed by atoms with E-state index in [1.165, 1.54) is 6.20 Å². The summed E-state index contributed by atoms with van der Waals surface area (Å²) in [5.41, 5.74) is 1.73. The molecule has 0 fully saturated rings. The Kier molecular flexibility index (Phi) is 4.97. The van der Waals surface area contributed by atoms with Gasteiger partial charge >= 0.3 is 5.97 Å². The number of carboxylic acid groups (broad SMARTS) is 1. The van der Waals surface area contributed by atoms with Crippen LogP contribution in [0.3, 0.4) is 0 Å². The predicted molar refractivity (Wildman–Crippen MR) is 97.1 cm³/mol. The molecule has 0 bridgehead atoms. The van der Waals surface area contributed by atoms with E-state index in [0.717, 1.165) is 5.39 Å². The quantitative estimate of drug-likeness (QED) is 0.711. The van der Waals surface area contributed by atoms with Crippen LogP contribution in [-0.2, 0) is 4.79 Å². The standard InChI is InChI=1S/C19H20N4O3/c1-12(2)23-17-14(10-22-23)8-15(9-20-17)18(24)21-11-16(19(25)26)13-6-4-3-5-7-13/h3-10,12,16H,11H2,1-2H3,(H,21,24)(H,25,26). The molecule has 0 spiro atoms. The first-order valence-corrected chi connectivity index (χ1v) is 8.36. The van der Waals surface area contributed by atoms with Gasteiger partial charge in [0.15, 0.2) is 5.65 Å². The van der Waals surface area contributed by atoms with Gasteiger partial charge in [-0.1, -0.05) is 30.3 Å². The van der Waals surface area contributed by atoms with Crippen molar-refractivity contribution >= 4 is 22.9 Å². The number of carboxylic acids is 1. The molecule has 2 aromatic heterocycles. The third kappa shape index (κ3) is 3.56. The zero-order valence-electron chi connectivity index (χ0n) is 14.6. The first-order chi connectivity index (χ1) is 12.5. The van der Waals surface area contributed by atoms with Crippen LogP contribution in [0.2, 0.25) is 0 Å². The van der Waals surface area contributed by atoms with Gasteiger partial charge in [-0.15, -0.1) is 0 Å². The fourth-order valence-electron chi connectivity index (χ4n) is 2.77. The molecule has 7 heteroatoms. The summed E-state index contributed by atoms with van der Waals surface area (Å²) in [6.45, 7) is 4.01. The third-order valence-electron chi connectivity index (χ3n) is 4.15. The Morgan fingerprint density at radius 3 is 2.58 bits per heavy atom. The van der Waals surface area contributed by atoms with Crippen LogP contribution in [0.15, 0.2) is 48.8 Å². The van der Waals surface area contributed by atoms with E-state index in [1.807, 2.05) is 19.9 Å². The highest BCUT2D eigenvalue weighted by Crippen LogP contribution is 2.18. The first-order valence-electron chi connectivity index (χ1n) is 8.36. The Hall–Kier alpha value is -3.22. The topological polar surface area (TPSA) is 97.1 Å². The van der Waals surface area contributed by atoms with Crippen molar-refractivity contribution in [3.8, 4) is 0 Å². The highest BCUT2D eigenvalue weighted by Gasteiger charge is 2.21. The molecule has 1 aromatic carbocycles. The summed E-state index contributed by atoms with van der Waals surface area (Å²) in [4.78, 5) is 28.3. The normalized spacial score (nSPS) is 12.3. The van der Waals surface area contributed by atoms with E-state index < -0.39 is 11.9 Å². The van der Waals surface area contributed by atoms with Crippen LogP contribution in [0.25, 0.3) is 11.0 Å². The minimum absolute atomic E-state index is 0.00146. The molecule has 0 radical (unpaired) electrons. The van der Waals surface area contributed by atoms with Crippen molar-refractivity contribution in [2.24, 2.45) is 0 Å². The number of nitrogens with one attached hydrogen (secondary N) is 1. The van der Waals surface area contributed by atoms with E-state index >= 15 is 0 Å². The number of aliphatic carboxylic acids is 1. The lowest BCUT2D eigenvalue weighted by molar-refractivity contribution is -0.138. The van der Waals surface area contributed by atoms with E-state index in [-0.39, 0.29) is 18.5 Å². The summed E-state index contributed by atoms with van der Waals surface area (Å²) in [5, 5.41) is 17.2. The van der Waals surface area contributed by atoms with Crippen molar-refractivity contribution in [3.05, 3.63) is 59.9 Å². The summed E-state index contributed by atoms with van der Waals surface area (Å²) in [5.74, 6) is -2.15. The number of pyridine rings is 1. The minimum Gasteiger partial charge on any atom is -0.481 e. The minimum atomic E-state index is -0.983. The van der Waals surface area contributed by atoms with Gasteiger partial charge in [0.1, 0.15) is 0 Å². The second kappa shape index (κ2) is 7.35. The maximum Gasteiger partial charge on any atom is 0.312 e. The van der Waals surface area contributed by atoms with E-state index in [4.69, 9.17) is 0 Å². The maximum atomic E-state index is 12.4. The van der Waals surface area contributed by atoms with Crippen molar-refractivity contribution in [1.82, 2.24) is 20.1 Å².